The topological polar surface area (TPSA) is 186 Å². The molecule has 49 heavy (non-hydrogen) atoms. The number of rotatable bonds is 13. The van der Waals surface area contributed by atoms with Crippen molar-refractivity contribution in [2.75, 3.05) is 30.8 Å². The van der Waals surface area contributed by atoms with E-state index in [9.17, 15) is 29.1 Å². The summed E-state index contributed by atoms with van der Waals surface area (Å²) in [4.78, 5) is 74.3. The summed E-state index contributed by atoms with van der Waals surface area (Å²) in [6.45, 7) is 3.79. The Bertz CT molecular complexity index is 1670. The molecule has 0 saturated carbocycles. The van der Waals surface area contributed by atoms with Gasteiger partial charge in [-0.25, -0.2) is 9.78 Å². The molecule has 2 aliphatic rings. The van der Waals surface area contributed by atoms with Crippen LogP contribution in [-0.2, 0) is 38.3 Å². The zero-order valence-corrected chi connectivity index (χ0v) is 28.5. The summed E-state index contributed by atoms with van der Waals surface area (Å²) in [5.74, 6) is -2.55. The van der Waals surface area contributed by atoms with Crippen LogP contribution in [0.4, 0.5) is 5.13 Å². The number of benzene rings is 2. The molecule has 3 amide bonds. The van der Waals surface area contributed by atoms with Gasteiger partial charge < -0.3 is 35.0 Å². The Morgan fingerprint density at radius 1 is 1.12 bits per heavy atom. The van der Waals surface area contributed by atoms with Crippen LogP contribution >= 0.6 is 23.1 Å². The fraction of sp³-hybridized carbons (Fsp3) is 0.364. The number of aliphatic hydroxyl groups excluding tert-OH is 1. The van der Waals surface area contributed by atoms with Crippen LogP contribution in [0.2, 0.25) is 0 Å². The van der Waals surface area contributed by atoms with Gasteiger partial charge in [-0.05, 0) is 31.9 Å². The minimum Gasteiger partial charge on any atom is -0.457 e. The average molecular weight is 710 g/mol. The summed E-state index contributed by atoms with van der Waals surface area (Å²) in [5, 5.41) is 20.4. The number of anilines is 1. The zero-order valence-electron chi connectivity index (χ0n) is 26.9. The quantitative estimate of drug-likeness (QED) is 0.0779. The van der Waals surface area contributed by atoms with Gasteiger partial charge in [0, 0.05) is 17.7 Å². The third kappa shape index (κ3) is 8.26. The lowest BCUT2D eigenvalue weighted by molar-refractivity contribution is -0.168. The fourth-order valence-electron chi connectivity index (χ4n) is 5.16. The standard InChI is InChI=1S/C33H35N5O9S2/c1-32(2,3)47-23(41)14-45-37-24(22-15-48-31(35-22)34-19-40)27(42)36-25-28(43)38-16-33(17-39,18-49-29(25)38)30(44)46-26(20-10-6-4-7-11-20)21-12-8-5-9-13-21/h4-13,15,19,25-26,29,39H,14,16-18H2,1-3H3,(H,36,42)(H,34,35,40)/t25?,29-,33?/m1/s1. The van der Waals surface area contributed by atoms with Gasteiger partial charge >= 0.3 is 11.9 Å². The molecule has 5 rings (SSSR count). The van der Waals surface area contributed by atoms with Crippen molar-refractivity contribution in [2.45, 2.75) is 43.9 Å². The predicted molar refractivity (Wildman–Crippen MR) is 180 cm³/mol. The molecule has 0 aliphatic carbocycles. The van der Waals surface area contributed by atoms with E-state index in [1.165, 1.54) is 22.0 Å². The number of nitrogens with zero attached hydrogens (tertiary/aromatic N) is 3. The molecule has 3 aromatic rings. The zero-order chi connectivity index (χ0) is 35.2. The normalized spacial score (nSPS) is 20.5. The lowest BCUT2D eigenvalue weighted by Gasteiger charge is -2.53. The van der Waals surface area contributed by atoms with E-state index in [4.69, 9.17) is 14.3 Å². The van der Waals surface area contributed by atoms with Crippen LogP contribution < -0.4 is 10.6 Å². The summed E-state index contributed by atoms with van der Waals surface area (Å²) in [5.41, 5.74) is -0.977. The van der Waals surface area contributed by atoms with Crippen molar-refractivity contribution in [3.05, 3.63) is 82.9 Å². The highest BCUT2D eigenvalue weighted by Crippen LogP contribution is 2.43. The number of aliphatic hydroxyl groups is 1. The summed E-state index contributed by atoms with van der Waals surface area (Å²) >= 11 is 2.25. The molecule has 2 aliphatic heterocycles. The van der Waals surface area contributed by atoms with Gasteiger partial charge in [-0.15, -0.1) is 23.1 Å². The Morgan fingerprint density at radius 2 is 1.78 bits per heavy atom. The highest BCUT2D eigenvalue weighted by Gasteiger charge is 2.58. The number of aromatic nitrogens is 1. The second-order valence-electron chi connectivity index (χ2n) is 12.3. The molecule has 3 N–H and O–H groups in total. The first-order valence-corrected chi connectivity index (χ1v) is 17.1. The van der Waals surface area contributed by atoms with Gasteiger partial charge in [-0.2, -0.15) is 0 Å². The molecule has 16 heteroatoms. The van der Waals surface area contributed by atoms with E-state index in [-0.39, 0.29) is 28.8 Å². The van der Waals surface area contributed by atoms with Crippen molar-refractivity contribution >= 4 is 64.1 Å². The van der Waals surface area contributed by atoms with Crippen molar-refractivity contribution in [1.29, 1.82) is 0 Å². The number of nitrogens with one attached hydrogen (secondary N) is 2. The van der Waals surface area contributed by atoms with E-state index >= 15 is 0 Å². The van der Waals surface area contributed by atoms with Crippen molar-refractivity contribution in [3.63, 3.8) is 0 Å². The molecule has 3 atom stereocenters. The van der Waals surface area contributed by atoms with Crippen molar-refractivity contribution in [2.24, 2.45) is 10.6 Å². The highest BCUT2D eigenvalue weighted by atomic mass is 32.2. The molecule has 0 spiro atoms. The van der Waals surface area contributed by atoms with E-state index in [0.29, 0.717) is 6.41 Å². The monoisotopic (exact) mass is 709 g/mol. The number of oxime groups is 1. The van der Waals surface area contributed by atoms with Crippen LogP contribution in [0.5, 0.6) is 0 Å². The number of carbonyl (C=O) groups excluding carboxylic acids is 5. The minimum absolute atomic E-state index is 0.0318. The van der Waals surface area contributed by atoms with Crippen molar-refractivity contribution in [1.82, 2.24) is 15.2 Å². The maximum atomic E-state index is 13.8. The molecule has 258 valence electrons. The molecule has 0 radical (unpaired) electrons. The molecule has 14 nitrogen and oxygen atoms in total. The van der Waals surface area contributed by atoms with E-state index in [2.05, 4.69) is 20.8 Å². The van der Waals surface area contributed by atoms with E-state index in [0.717, 1.165) is 22.5 Å². The van der Waals surface area contributed by atoms with Gasteiger partial charge in [0.05, 0.1) is 6.61 Å². The van der Waals surface area contributed by atoms with Gasteiger partial charge in [0.1, 0.15) is 28.1 Å². The highest BCUT2D eigenvalue weighted by molar-refractivity contribution is 8.00. The number of esters is 2. The van der Waals surface area contributed by atoms with Gasteiger partial charge in [0.2, 0.25) is 18.9 Å². The smallest absolute Gasteiger partial charge is 0.347 e. The number of carbonyl (C=O) groups is 5. The van der Waals surface area contributed by atoms with Crippen molar-refractivity contribution in [3.8, 4) is 0 Å². The van der Waals surface area contributed by atoms with E-state index in [1.54, 1.807) is 20.8 Å². The predicted octanol–water partition coefficient (Wildman–Crippen LogP) is 2.49. The molecule has 2 aromatic carbocycles. The first-order valence-electron chi connectivity index (χ1n) is 15.2. The Labute approximate surface area is 290 Å². The van der Waals surface area contributed by atoms with Gasteiger partial charge in [0.15, 0.2) is 16.9 Å². The van der Waals surface area contributed by atoms with Crippen LogP contribution in [0.25, 0.3) is 0 Å². The number of hydrogen-bond acceptors (Lipinski definition) is 13. The number of hydrogen-bond donors (Lipinski definition) is 3. The third-order valence-electron chi connectivity index (χ3n) is 7.50. The number of β-lactam (4-membered cyclic amide) rings is 1. The fourth-order valence-corrected chi connectivity index (χ4v) is 7.34. The number of fused-ring (bicyclic) bond motifs is 1. The number of ether oxygens (including phenoxy) is 2. The Morgan fingerprint density at radius 3 is 2.37 bits per heavy atom. The van der Waals surface area contributed by atoms with E-state index in [1.807, 2.05) is 60.7 Å². The Hall–Kier alpha value is -4.80. The van der Waals surface area contributed by atoms with Crippen LogP contribution in [0.15, 0.2) is 71.2 Å². The Kier molecular flexibility index (Phi) is 11.0. The second-order valence-corrected chi connectivity index (χ2v) is 14.2. The molecule has 0 bridgehead atoms. The largest absolute Gasteiger partial charge is 0.457 e. The van der Waals surface area contributed by atoms with Crippen molar-refractivity contribution < 1.29 is 43.4 Å². The summed E-state index contributed by atoms with van der Waals surface area (Å²) < 4.78 is 11.3. The molecule has 2 saturated heterocycles. The molecular formula is C33H35N5O9S2. The van der Waals surface area contributed by atoms with Gasteiger partial charge in [-0.3, -0.25) is 19.2 Å². The van der Waals surface area contributed by atoms with Crippen LogP contribution in [0, 0.1) is 5.41 Å². The SMILES string of the molecule is CC(C)(C)OC(=O)CON=C(C(=O)NC1C(=O)N2CC(CO)(C(=O)OC(c3ccccc3)c3ccccc3)CS[C@H]12)c1csc(NC=O)n1. The first kappa shape index (κ1) is 35.5. The lowest BCUT2D eigenvalue weighted by Crippen LogP contribution is -2.74. The maximum absolute atomic E-state index is 13.8. The van der Waals surface area contributed by atoms with Gasteiger partial charge in [0.25, 0.3) is 5.91 Å². The summed E-state index contributed by atoms with van der Waals surface area (Å²) in [6, 6.07) is 17.5. The number of thiazole rings is 1. The summed E-state index contributed by atoms with van der Waals surface area (Å²) in [7, 11) is 0. The van der Waals surface area contributed by atoms with E-state index < -0.39 is 65.5 Å². The summed E-state index contributed by atoms with van der Waals surface area (Å²) in [6.07, 6.45) is -0.310. The van der Waals surface area contributed by atoms with Crippen LogP contribution in [-0.4, -0.2) is 93.4 Å². The Balaban J connectivity index is 1.28. The molecule has 2 fully saturated rings. The first-order chi connectivity index (χ1) is 23.4. The molecule has 1 aromatic heterocycles. The third-order valence-corrected chi connectivity index (χ3v) is 9.86. The number of amides is 3. The van der Waals surface area contributed by atoms with Gasteiger partial charge in [-0.1, -0.05) is 65.8 Å². The average Bonchev–Trinajstić information content (AvgIpc) is 3.55. The van der Waals surface area contributed by atoms with Crippen LogP contribution in [0.3, 0.4) is 0 Å². The second kappa shape index (κ2) is 15.2. The molecular weight excluding hydrogens is 675 g/mol. The minimum atomic E-state index is -1.40. The number of thioether (sulfide) groups is 1. The lowest BCUT2D eigenvalue weighted by atomic mass is 9.87. The molecule has 3 heterocycles. The maximum Gasteiger partial charge on any atom is 0.347 e. The van der Waals surface area contributed by atoms with Crippen LogP contribution in [0.1, 0.15) is 43.7 Å². The molecule has 2 unspecified atom stereocenters.